The number of allylic oxidation sites excluding steroid dienone is 1. The molecule has 4 nitrogen and oxygen atoms in total. The van der Waals surface area contributed by atoms with E-state index in [0.717, 1.165) is 22.0 Å². The molecule has 3 N–H and O–H groups in total. The van der Waals surface area contributed by atoms with Gasteiger partial charge in [-0.2, -0.15) is 0 Å². The molecule has 0 aliphatic carbocycles. The van der Waals surface area contributed by atoms with E-state index in [1.54, 1.807) is 6.07 Å². The molecule has 1 aliphatic heterocycles. The number of amides is 1. The first-order chi connectivity index (χ1) is 12.5. The number of halogens is 2. The van der Waals surface area contributed by atoms with Gasteiger partial charge in [0, 0.05) is 11.4 Å². The van der Waals surface area contributed by atoms with E-state index in [1.165, 1.54) is 11.8 Å². The molecule has 2 aromatic rings. The van der Waals surface area contributed by atoms with Gasteiger partial charge in [-0.3, -0.25) is 4.79 Å². The average Bonchev–Trinajstić information content (AvgIpc) is 2.62. The van der Waals surface area contributed by atoms with Crippen LogP contribution in [0.15, 0.2) is 64.8 Å². The first-order valence-electron chi connectivity index (χ1n) is 7.92. The third kappa shape index (κ3) is 4.23. The standard InChI is InChI=1S/C19H17Cl2N3OS/c1-11-16(18(22)25)17(13-5-3-2-4-6-13)24-19(23-11)26-10-12-7-8-14(20)15(21)9-12/h2-9,17H,10H2,1H3,(H2,22,25)(H,23,24)/t17-/m0/s1. The first-order valence-corrected chi connectivity index (χ1v) is 9.67. The summed E-state index contributed by atoms with van der Waals surface area (Å²) in [6.07, 6.45) is 0. The van der Waals surface area contributed by atoms with E-state index in [2.05, 4.69) is 5.32 Å². The van der Waals surface area contributed by atoms with Gasteiger partial charge in [0.05, 0.1) is 15.6 Å². The number of thioether (sulfide) groups is 1. The summed E-state index contributed by atoms with van der Waals surface area (Å²) in [5, 5.41) is 4.96. The minimum absolute atomic E-state index is 0.411. The summed E-state index contributed by atoms with van der Waals surface area (Å²) in [5.74, 6) is 0.199. The van der Waals surface area contributed by atoms with Gasteiger partial charge in [0.1, 0.15) is 6.04 Å². The fraction of sp³-hybridized carbons (Fsp3) is 0.158. The number of benzene rings is 2. The van der Waals surface area contributed by atoms with Crippen molar-refractivity contribution in [2.24, 2.45) is 10.7 Å². The second-order valence-corrected chi connectivity index (χ2v) is 7.59. The number of rotatable bonds is 4. The van der Waals surface area contributed by atoms with Gasteiger partial charge < -0.3 is 11.1 Å². The van der Waals surface area contributed by atoms with Crippen molar-refractivity contribution in [3.8, 4) is 0 Å². The van der Waals surface area contributed by atoms with Crippen LogP contribution in [0.5, 0.6) is 0 Å². The molecular formula is C19H17Cl2N3OS. The molecular weight excluding hydrogens is 389 g/mol. The van der Waals surface area contributed by atoms with Crippen LogP contribution in [0.1, 0.15) is 24.1 Å². The predicted molar refractivity (Wildman–Crippen MR) is 109 cm³/mol. The number of aliphatic imine (C=N–C) groups is 1. The van der Waals surface area contributed by atoms with Crippen LogP contribution in [0.25, 0.3) is 0 Å². The lowest BCUT2D eigenvalue weighted by molar-refractivity contribution is -0.114. The highest BCUT2D eigenvalue weighted by molar-refractivity contribution is 8.13. The normalized spacial score (nSPS) is 16.9. The van der Waals surface area contributed by atoms with Gasteiger partial charge in [-0.1, -0.05) is 71.4 Å². The Morgan fingerprint density at radius 1 is 1.19 bits per heavy atom. The minimum atomic E-state index is -0.471. The van der Waals surface area contributed by atoms with E-state index in [4.69, 9.17) is 33.9 Å². The quantitative estimate of drug-likeness (QED) is 0.775. The highest BCUT2D eigenvalue weighted by Gasteiger charge is 2.27. The molecule has 0 bridgehead atoms. The number of carbonyl (C=O) groups is 1. The molecule has 0 radical (unpaired) electrons. The summed E-state index contributed by atoms with van der Waals surface area (Å²) in [6.45, 7) is 1.84. The molecule has 1 heterocycles. The summed E-state index contributed by atoms with van der Waals surface area (Å²) >= 11 is 13.6. The first kappa shape index (κ1) is 18.8. The van der Waals surface area contributed by atoms with Crippen molar-refractivity contribution in [3.63, 3.8) is 0 Å². The third-order valence-electron chi connectivity index (χ3n) is 3.96. The maximum absolute atomic E-state index is 11.9. The van der Waals surface area contributed by atoms with Gasteiger partial charge in [-0.05, 0) is 30.2 Å². The summed E-state index contributed by atoms with van der Waals surface area (Å²) < 4.78 is 0. The molecule has 0 spiro atoms. The summed E-state index contributed by atoms with van der Waals surface area (Å²) in [6, 6.07) is 14.8. The van der Waals surface area contributed by atoms with Crippen LogP contribution in [-0.4, -0.2) is 11.1 Å². The number of nitrogens with one attached hydrogen (secondary N) is 1. The van der Waals surface area contributed by atoms with Gasteiger partial charge in [0.25, 0.3) is 0 Å². The van der Waals surface area contributed by atoms with Gasteiger partial charge in [-0.15, -0.1) is 0 Å². The van der Waals surface area contributed by atoms with E-state index in [0.29, 0.717) is 21.4 Å². The van der Waals surface area contributed by atoms with Crippen molar-refractivity contribution in [2.75, 3.05) is 0 Å². The zero-order valence-electron chi connectivity index (χ0n) is 14.0. The minimum Gasteiger partial charge on any atom is -0.366 e. The second-order valence-electron chi connectivity index (χ2n) is 5.81. The maximum Gasteiger partial charge on any atom is 0.248 e. The van der Waals surface area contributed by atoms with Crippen LogP contribution in [0.4, 0.5) is 0 Å². The number of nitrogens with two attached hydrogens (primary N) is 1. The van der Waals surface area contributed by atoms with Crippen LogP contribution >= 0.6 is 35.0 Å². The maximum atomic E-state index is 11.9. The zero-order chi connectivity index (χ0) is 18.7. The molecule has 1 amide bonds. The lowest BCUT2D eigenvalue weighted by Crippen LogP contribution is -2.32. The molecule has 0 saturated carbocycles. The Kier molecular flexibility index (Phi) is 5.91. The highest BCUT2D eigenvalue weighted by Crippen LogP contribution is 2.32. The van der Waals surface area contributed by atoms with Gasteiger partial charge in [0.15, 0.2) is 5.17 Å². The molecule has 2 aromatic carbocycles. The highest BCUT2D eigenvalue weighted by atomic mass is 35.5. The molecule has 3 rings (SSSR count). The smallest absolute Gasteiger partial charge is 0.248 e. The summed E-state index contributed by atoms with van der Waals surface area (Å²) in [7, 11) is 0. The molecule has 0 unspecified atom stereocenters. The van der Waals surface area contributed by atoms with Crippen molar-refractivity contribution < 1.29 is 4.79 Å². The molecule has 0 fully saturated rings. The van der Waals surface area contributed by atoms with Gasteiger partial charge in [-0.25, -0.2) is 4.99 Å². The Morgan fingerprint density at radius 3 is 2.58 bits per heavy atom. The van der Waals surface area contributed by atoms with Crippen molar-refractivity contribution in [3.05, 3.63) is 81.0 Å². The largest absolute Gasteiger partial charge is 0.366 e. The van der Waals surface area contributed by atoms with Crippen LogP contribution in [0.2, 0.25) is 10.0 Å². The van der Waals surface area contributed by atoms with E-state index in [-0.39, 0.29) is 0 Å². The van der Waals surface area contributed by atoms with Crippen molar-refractivity contribution >= 4 is 46.0 Å². The Balaban J connectivity index is 1.84. The lowest BCUT2D eigenvalue weighted by atomic mass is 9.96. The fourth-order valence-electron chi connectivity index (χ4n) is 2.70. The topological polar surface area (TPSA) is 67.5 Å². The zero-order valence-corrected chi connectivity index (χ0v) is 16.3. The van der Waals surface area contributed by atoms with Gasteiger partial charge >= 0.3 is 0 Å². The number of primary amides is 1. The van der Waals surface area contributed by atoms with Gasteiger partial charge in [0.2, 0.25) is 5.91 Å². The third-order valence-corrected chi connectivity index (χ3v) is 5.66. The van der Waals surface area contributed by atoms with E-state index >= 15 is 0 Å². The number of carbonyl (C=O) groups excluding carboxylic acids is 1. The van der Waals surface area contributed by atoms with E-state index < -0.39 is 11.9 Å². The SMILES string of the molecule is CC1=C(C(N)=O)[C@H](c2ccccc2)N=C(SCc2ccc(Cl)c(Cl)c2)N1. The van der Waals surface area contributed by atoms with Crippen molar-refractivity contribution in [1.82, 2.24) is 5.32 Å². The lowest BCUT2D eigenvalue weighted by Gasteiger charge is -2.25. The van der Waals surface area contributed by atoms with Crippen molar-refractivity contribution in [1.29, 1.82) is 0 Å². The van der Waals surface area contributed by atoms with E-state index in [1.807, 2.05) is 49.4 Å². The Morgan fingerprint density at radius 2 is 1.92 bits per heavy atom. The van der Waals surface area contributed by atoms with Crippen LogP contribution < -0.4 is 11.1 Å². The number of hydrogen-bond acceptors (Lipinski definition) is 4. The number of amidine groups is 1. The van der Waals surface area contributed by atoms with Crippen LogP contribution in [0, 0.1) is 0 Å². The Bertz CT molecular complexity index is 897. The fourth-order valence-corrected chi connectivity index (χ4v) is 3.91. The summed E-state index contributed by atoms with van der Waals surface area (Å²) in [5.41, 5.74) is 8.75. The molecule has 7 heteroatoms. The molecule has 0 aromatic heterocycles. The molecule has 134 valence electrons. The predicted octanol–water partition coefficient (Wildman–Crippen LogP) is 4.69. The van der Waals surface area contributed by atoms with Crippen molar-refractivity contribution in [2.45, 2.75) is 18.7 Å². The molecule has 26 heavy (non-hydrogen) atoms. The van der Waals surface area contributed by atoms with Crippen LogP contribution in [-0.2, 0) is 10.5 Å². The molecule has 1 aliphatic rings. The number of hydrogen-bond donors (Lipinski definition) is 2. The summed E-state index contributed by atoms with van der Waals surface area (Å²) in [4.78, 5) is 16.6. The average molecular weight is 406 g/mol. The Labute approximate surface area is 166 Å². The molecule has 0 saturated heterocycles. The Hall–Kier alpha value is -1.95. The van der Waals surface area contributed by atoms with E-state index in [9.17, 15) is 4.79 Å². The number of nitrogens with zero attached hydrogens (tertiary/aromatic N) is 1. The monoisotopic (exact) mass is 405 g/mol. The molecule has 1 atom stereocenters. The van der Waals surface area contributed by atoms with Crippen LogP contribution in [0.3, 0.4) is 0 Å². The second kappa shape index (κ2) is 8.16.